The van der Waals surface area contributed by atoms with E-state index in [1.165, 1.54) is 36.4 Å². The molecule has 0 aliphatic carbocycles. The Kier molecular flexibility index (Phi) is 11.7. The van der Waals surface area contributed by atoms with Crippen molar-refractivity contribution < 1.29 is 40.6 Å². The van der Waals surface area contributed by atoms with Gasteiger partial charge in [0.1, 0.15) is 30.4 Å². The average Bonchev–Trinajstić information content (AvgIpc) is 3.90. The van der Waals surface area contributed by atoms with Gasteiger partial charge in [-0.2, -0.15) is 5.10 Å². The summed E-state index contributed by atoms with van der Waals surface area (Å²) in [6.07, 6.45) is -3.73. The van der Waals surface area contributed by atoms with E-state index in [2.05, 4.69) is 35.3 Å². The summed E-state index contributed by atoms with van der Waals surface area (Å²) in [4.78, 5) is 19.9. The van der Waals surface area contributed by atoms with Gasteiger partial charge < -0.3 is 14.8 Å². The summed E-state index contributed by atoms with van der Waals surface area (Å²) < 4.78 is 85.6. The fourth-order valence-corrected chi connectivity index (χ4v) is 7.31. The summed E-state index contributed by atoms with van der Waals surface area (Å²) in [5.41, 5.74) is 11.9. The zero-order valence-electron chi connectivity index (χ0n) is 33.6. The molecule has 0 saturated heterocycles. The minimum absolute atomic E-state index is 0.276. The number of fused-ring (bicyclic) bond motifs is 6. The molecule has 0 aliphatic heterocycles. The second kappa shape index (κ2) is 17.5. The number of hydrogen-bond acceptors (Lipinski definition) is 7. The molecule has 64 heavy (non-hydrogen) atoms. The van der Waals surface area contributed by atoms with E-state index in [4.69, 9.17) is 12.2 Å². The predicted octanol–water partition coefficient (Wildman–Crippen LogP) is 11.9. The van der Waals surface area contributed by atoms with Crippen molar-refractivity contribution in [3.05, 3.63) is 162 Å². The van der Waals surface area contributed by atoms with Crippen molar-refractivity contribution in [3.8, 4) is 22.9 Å². The molecule has 0 unspecified atom stereocenters. The number of para-hydroxylation sites is 1. The second-order valence-electron chi connectivity index (χ2n) is 14.3. The zero-order chi connectivity index (χ0) is 45.2. The van der Waals surface area contributed by atoms with Gasteiger partial charge in [0.05, 0.1) is 28.3 Å². The number of rotatable bonds is 8. The van der Waals surface area contributed by atoms with Crippen molar-refractivity contribution in [1.82, 2.24) is 24.5 Å². The SMILES string of the molecule is Cc1cccc(C)c1NC(=S)N/N=C\c1ccc2c(ccc3c2ncn3-c2ccc(OC(F)(F)F)cc2)c1.O=Cc1ccc2c(ccc3c2ncn3-c2ccc(OC(F)(F)F)cc2)c1. The van der Waals surface area contributed by atoms with Crippen LogP contribution in [0.1, 0.15) is 27.0 Å². The number of ether oxygens (including phenoxy) is 2. The highest BCUT2D eigenvalue weighted by Crippen LogP contribution is 2.31. The number of benzene rings is 7. The van der Waals surface area contributed by atoms with Crippen molar-refractivity contribution in [2.24, 2.45) is 5.10 Å². The van der Waals surface area contributed by atoms with Crippen LogP contribution in [0, 0.1) is 13.8 Å². The van der Waals surface area contributed by atoms with Crippen LogP contribution in [0.4, 0.5) is 32.0 Å². The van der Waals surface area contributed by atoms with E-state index in [-0.39, 0.29) is 11.5 Å². The molecule has 322 valence electrons. The number of aryl methyl sites for hydroxylation is 2. The molecule has 2 N–H and O–H groups in total. The smallest absolute Gasteiger partial charge is 0.406 e. The van der Waals surface area contributed by atoms with Gasteiger partial charge in [-0.15, -0.1) is 26.3 Å². The van der Waals surface area contributed by atoms with Gasteiger partial charge in [0.25, 0.3) is 0 Å². The van der Waals surface area contributed by atoms with Crippen LogP contribution in [0.3, 0.4) is 0 Å². The Morgan fingerprint density at radius 1 is 0.641 bits per heavy atom. The van der Waals surface area contributed by atoms with E-state index in [0.29, 0.717) is 22.1 Å². The molecule has 2 heterocycles. The highest BCUT2D eigenvalue weighted by molar-refractivity contribution is 7.80. The van der Waals surface area contributed by atoms with E-state index >= 15 is 0 Å². The molecule has 0 spiro atoms. The molecule has 9 aromatic rings. The Balaban J connectivity index is 0.000000188. The van der Waals surface area contributed by atoms with Crippen molar-refractivity contribution in [1.29, 1.82) is 0 Å². The maximum atomic E-state index is 12.5. The third-order valence-corrected chi connectivity index (χ3v) is 10.2. The van der Waals surface area contributed by atoms with Crippen LogP contribution in [0.15, 0.2) is 145 Å². The van der Waals surface area contributed by atoms with Gasteiger partial charge >= 0.3 is 12.7 Å². The molecule has 0 fully saturated rings. The third kappa shape index (κ3) is 9.64. The van der Waals surface area contributed by atoms with Crippen LogP contribution in [0.2, 0.25) is 0 Å². The Morgan fingerprint density at radius 3 is 1.58 bits per heavy atom. The number of nitrogens with zero attached hydrogens (tertiary/aromatic N) is 5. The zero-order valence-corrected chi connectivity index (χ0v) is 34.4. The lowest BCUT2D eigenvalue weighted by Gasteiger charge is -2.12. The number of aromatic nitrogens is 4. The third-order valence-electron chi connectivity index (χ3n) is 10.0. The highest BCUT2D eigenvalue weighted by Gasteiger charge is 2.31. The molecule has 0 amide bonds. The number of thiocarbonyl (C=S) groups is 1. The van der Waals surface area contributed by atoms with Crippen molar-refractivity contribution in [2.75, 3.05) is 5.32 Å². The molecular formula is C47H33F6N7O3S. The lowest BCUT2D eigenvalue weighted by molar-refractivity contribution is -0.275. The second-order valence-corrected chi connectivity index (χ2v) is 14.8. The molecule has 9 rings (SSSR count). The summed E-state index contributed by atoms with van der Waals surface area (Å²) in [5.74, 6) is -0.556. The number of alkyl halides is 6. The standard InChI is InChI=1S/C28H22F3N5OS.C19H11F3N2O2/c1-17-4-3-5-18(2)25(17)34-27(38)35-33-15-19-6-12-23-20(14-19)7-13-24-26(23)32-16-36(24)21-8-10-22(11-9-21)37-28(29,30)31;20-19(21,22)26-15-5-3-14(4-6-15)24-11-23-18-16-7-1-12(10-25)9-13(16)2-8-17(18)24/h3-16H,1-2H3,(H2,34,35,38);1-11H/b33-15-;. The first-order valence-corrected chi connectivity index (χ1v) is 19.7. The van der Waals surface area contributed by atoms with Gasteiger partial charge in [-0.05, 0) is 126 Å². The van der Waals surface area contributed by atoms with E-state index in [1.807, 2.05) is 85.1 Å². The molecular weight excluding hydrogens is 857 g/mol. The Morgan fingerprint density at radius 2 is 1.11 bits per heavy atom. The quantitative estimate of drug-likeness (QED) is 0.0511. The average molecular weight is 890 g/mol. The number of nitrogens with one attached hydrogen (secondary N) is 2. The molecule has 0 saturated carbocycles. The van der Waals surface area contributed by atoms with Crippen LogP contribution in [0.5, 0.6) is 11.5 Å². The number of carbonyl (C=O) groups is 1. The van der Waals surface area contributed by atoms with Crippen LogP contribution < -0.4 is 20.2 Å². The number of halogens is 6. The summed E-state index contributed by atoms with van der Waals surface area (Å²) in [5, 5.41) is 11.5. The van der Waals surface area contributed by atoms with Gasteiger partial charge in [-0.25, -0.2) is 9.97 Å². The molecule has 0 atom stereocenters. The van der Waals surface area contributed by atoms with Gasteiger partial charge in [-0.3, -0.25) is 19.4 Å². The van der Waals surface area contributed by atoms with Crippen molar-refractivity contribution in [2.45, 2.75) is 26.6 Å². The first kappa shape index (κ1) is 42.9. The number of carbonyl (C=O) groups excluding carboxylic acids is 1. The first-order chi connectivity index (χ1) is 30.6. The lowest BCUT2D eigenvalue weighted by Crippen LogP contribution is -2.24. The fourth-order valence-electron chi connectivity index (χ4n) is 7.16. The summed E-state index contributed by atoms with van der Waals surface area (Å²) in [6.45, 7) is 4.03. The van der Waals surface area contributed by atoms with Crippen LogP contribution in [-0.4, -0.2) is 49.4 Å². The summed E-state index contributed by atoms with van der Waals surface area (Å²) in [7, 11) is 0. The van der Waals surface area contributed by atoms with E-state index in [0.717, 1.165) is 72.3 Å². The molecule has 17 heteroatoms. The molecule has 10 nitrogen and oxygen atoms in total. The van der Waals surface area contributed by atoms with E-state index in [1.54, 1.807) is 47.7 Å². The lowest BCUT2D eigenvalue weighted by atomic mass is 10.1. The maximum Gasteiger partial charge on any atom is 0.573 e. The maximum absolute atomic E-state index is 12.5. The minimum atomic E-state index is -4.73. The Labute approximate surface area is 365 Å². The topological polar surface area (TPSA) is 108 Å². The van der Waals surface area contributed by atoms with Gasteiger partial charge in [0.15, 0.2) is 5.11 Å². The molecule has 0 radical (unpaired) electrons. The molecule has 0 aliphatic rings. The van der Waals surface area contributed by atoms with Crippen molar-refractivity contribution in [3.63, 3.8) is 0 Å². The van der Waals surface area contributed by atoms with E-state index in [9.17, 15) is 31.1 Å². The van der Waals surface area contributed by atoms with Gasteiger partial charge in [0, 0.05) is 33.4 Å². The first-order valence-electron chi connectivity index (χ1n) is 19.3. The van der Waals surface area contributed by atoms with Gasteiger partial charge in [-0.1, -0.05) is 54.6 Å². The largest absolute Gasteiger partial charge is 0.573 e. The molecule has 2 aromatic heterocycles. The fraction of sp³-hybridized carbons (Fsp3) is 0.0851. The van der Waals surface area contributed by atoms with Gasteiger partial charge in [0.2, 0.25) is 0 Å². The van der Waals surface area contributed by atoms with E-state index < -0.39 is 12.7 Å². The number of anilines is 1. The number of hydrogen-bond donors (Lipinski definition) is 2. The summed E-state index contributed by atoms with van der Waals surface area (Å²) in [6, 6.07) is 36.1. The normalized spacial score (nSPS) is 11.8. The Hall–Kier alpha value is -7.79. The highest BCUT2D eigenvalue weighted by atomic mass is 32.1. The number of imidazole rings is 2. The van der Waals surface area contributed by atoms with Crippen molar-refractivity contribution >= 4 is 79.1 Å². The van der Waals surface area contributed by atoms with Crippen LogP contribution in [-0.2, 0) is 0 Å². The molecule has 0 bridgehead atoms. The summed E-state index contributed by atoms with van der Waals surface area (Å²) >= 11 is 5.37. The monoisotopic (exact) mass is 889 g/mol. The number of hydrazone groups is 1. The predicted molar refractivity (Wildman–Crippen MR) is 239 cm³/mol. The number of aldehydes is 1. The van der Waals surface area contributed by atoms with Crippen LogP contribution >= 0.6 is 12.2 Å². The molecule has 7 aromatic carbocycles. The minimum Gasteiger partial charge on any atom is -0.406 e. The Bertz CT molecular complexity index is 3200. The van der Waals surface area contributed by atoms with Crippen LogP contribution in [0.25, 0.3) is 55.0 Å².